The minimum absolute atomic E-state index is 0.145. The summed E-state index contributed by atoms with van der Waals surface area (Å²) < 4.78 is 18.4. The zero-order valence-corrected chi connectivity index (χ0v) is 11.4. The molecule has 2 unspecified atom stereocenters. The van der Waals surface area contributed by atoms with E-state index in [-0.39, 0.29) is 5.82 Å². The quantitative estimate of drug-likeness (QED) is 0.901. The van der Waals surface area contributed by atoms with Crippen LogP contribution < -0.4 is 5.32 Å². The van der Waals surface area contributed by atoms with Gasteiger partial charge < -0.3 is 10.1 Å². The third-order valence-corrected chi connectivity index (χ3v) is 4.68. The second kappa shape index (κ2) is 5.59. The Bertz CT molecular complexity index is 413. The highest BCUT2D eigenvalue weighted by atomic mass is 19.1. The fraction of sp³-hybridized carbons (Fsp3) is 0.625. The molecular weight excluding hydrogens is 241 g/mol. The molecule has 0 amide bonds. The molecule has 1 saturated carbocycles. The van der Waals surface area contributed by atoms with E-state index in [9.17, 15) is 4.39 Å². The number of benzene rings is 1. The molecule has 0 radical (unpaired) electrons. The average molecular weight is 263 g/mol. The van der Waals surface area contributed by atoms with E-state index in [1.54, 1.807) is 12.1 Å². The number of hydrogen-bond acceptors (Lipinski definition) is 2. The van der Waals surface area contributed by atoms with Crippen LogP contribution in [0.4, 0.5) is 4.39 Å². The van der Waals surface area contributed by atoms with Crippen molar-refractivity contribution in [3.8, 4) is 0 Å². The Balaban J connectivity index is 1.41. The van der Waals surface area contributed by atoms with Crippen molar-refractivity contribution in [3.63, 3.8) is 0 Å². The molecule has 19 heavy (non-hydrogen) atoms. The van der Waals surface area contributed by atoms with E-state index in [0.717, 1.165) is 13.2 Å². The molecule has 1 aliphatic heterocycles. The highest BCUT2D eigenvalue weighted by Gasteiger charge is 2.31. The Morgan fingerprint density at radius 2 is 2.00 bits per heavy atom. The van der Waals surface area contributed by atoms with Gasteiger partial charge in [0.15, 0.2) is 0 Å². The van der Waals surface area contributed by atoms with Gasteiger partial charge in [0.2, 0.25) is 0 Å². The van der Waals surface area contributed by atoms with Crippen LogP contribution in [0.25, 0.3) is 0 Å². The molecule has 1 aromatic rings. The van der Waals surface area contributed by atoms with Gasteiger partial charge in [0.05, 0.1) is 6.10 Å². The molecule has 2 fully saturated rings. The molecule has 1 aromatic carbocycles. The van der Waals surface area contributed by atoms with Crippen LogP contribution in [0.5, 0.6) is 0 Å². The van der Waals surface area contributed by atoms with E-state index in [4.69, 9.17) is 4.74 Å². The second-order valence-electron chi connectivity index (χ2n) is 5.95. The van der Waals surface area contributed by atoms with Crippen LogP contribution in [0, 0.1) is 11.7 Å². The average Bonchev–Trinajstić information content (AvgIpc) is 2.75. The Labute approximate surface area is 114 Å². The third-order valence-electron chi connectivity index (χ3n) is 4.68. The SMILES string of the molecule is CC1OCCC1CNC1CC(c2ccc(F)cc2)C1. The summed E-state index contributed by atoms with van der Waals surface area (Å²) in [5.74, 6) is 1.13. The van der Waals surface area contributed by atoms with Crippen LogP contribution in [0.1, 0.15) is 37.7 Å². The number of halogens is 1. The van der Waals surface area contributed by atoms with Gasteiger partial charge in [0, 0.05) is 19.2 Å². The zero-order valence-electron chi connectivity index (χ0n) is 11.4. The zero-order chi connectivity index (χ0) is 13.2. The summed E-state index contributed by atoms with van der Waals surface area (Å²) in [4.78, 5) is 0. The predicted octanol–water partition coefficient (Wildman–Crippen LogP) is 3.09. The van der Waals surface area contributed by atoms with Crippen molar-refractivity contribution in [1.29, 1.82) is 0 Å². The minimum Gasteiger partial charge on any atom is -0.378 e. The molecule has 2 nitrogen and oxygen atoms in total. The van der Waals surface area contributed by atoms with Gasteiger partial charge in [-0.15, -0.1) is 0 Å². The van der Waals surface area contributed by atoms with Crippen molar-refractivity contribution in [2.45, 2.75) is 44.2 Å². The van der Waals surface area contributed by atoms with Crippen LogP contribution in [0.2, 0.25) is 0 Å². The maximum atomic E-state index is 12.9. The summed E-state index contributed by atoms with van der Waals surface area (Å²) in [5, 5.41) is 3.65. The summed E-state index contributed by atoms with van der Waals surface area (Å²) in [6.07, 6.45) is 3.93. The molecule has 1 heterocycles. The van der Waals surface area contributed by atoms with Gasteiger partial charge in [0.25, 0.3) is 0 Å². The van der Waals surface area contributed by atoms with Crippen molar-refractivity contribution in [2.75, 3.05) is 13.2 Å². The molecule has 0 bridgehead atoms. The lowest BCUT2D eigenvalue weighted by Crippen LogP contribution is -2.43. The molecule has 3 rings (SSSR count). The molecule has 104 valence electrons. The number of nitrogens with one attached hydrogen (secondary N) is 1. The minimum atomic E-state index is -0.145. The van der Waals surface area contributed by atoms with E-state index in [2.05, 4.69) is 12.2 Å². The third kappa shape index (κ3) is 2.98. The van der Waals surface area contributed by atoms with Crippen molar-refractivity contribution in [2.24, 2.45) is 5.92 Å². The Hall–Kier alpha value is -0.930. The molecule has 1 aliphatic carbocycles. The van der Waals surface area contributed by atoms with E-state index in [0.29, 0.717) is 24.0 Å². The number of hydrogen-bond donors (Lipinski definition) is 1. The van der Waals surface area contributed by atoms with Crippen molar-refractivity contribution >= 4 is 0 Å². The molecule has 0 spiro atoms. The predicted molar refractivity (Wildman–Crippen MR) is 73.7 cm³/mol. The summed E-state index contributed by atoms with van der Waals surface area (Å²) in [7, 11) is 0. The van der Waals surface area contributed by atoms with Crippen LogP contribution >= 0.6 is 0 Å². The van der Waals surface area contributed by atoms with Gasteiger partial charge in [-0.05, 0) is 55.7 Å². The maximum absolute atomic E-state index is 12.9. The van der Waals surface area contributed by atoms with Crippen LogP contribution in [-0.4, -0.2) is 25.3 Å². The highest BCUT2D eigenvalue weighted by molar-refractivity contribution is 5.23. The van der Waals surface area contributed by atoms with Crippen molar-refractivity contribution in [3.05, 3.63) is 35.6 Å². The maximum Gasteiger partial charge on any atom is 0.123 e. The summed E-state index contributed by atoms with van der Waals surface area (Å²) in [6, 6.07) is 7.59. The second-order valence-corrected chi connectivity index (χ2v) is 5.95. The first-order valence-electron chi connectivity index (χ1n) is 7.33. The van der Waals surface area contributed by atoms with Gasteiger partial charge >= 0.3 is 0 Å². The lowest BCUT2D eigenvalue weighted by molar-refractivity contribution is 0.103. The lowest BCUT2D eigenvalue weighted by atomic mass is 9.75. The number of ether oxygens (including phenoxy) is 1. The first kappa shape index (κ1) is 13.1. The Morgan fingerprint density at radius 3 is 2.63 bits per heavy atom. The molecule has 0 aromatic heterocycles. The summed E-state index contributed by atoms with van der Waals surface area (Å²) in [6.45, 7) is 4.15. The summed E-state index contributed by atoms with van der Waals surface area (Å²) in [5.41, 5.74) is 1.28. The number of rotatable bonds is 4. The molecule has 1 N–H and O–H groups in total. The van der Waals surface area contributed by atoms with Crippen LogP contribution in [0.15, 0.2) is 24.3 Å². The monoisotopic (exact) mass is 263 g/mol. The van der Waals surface area contributed by atoms with Gasteiger partial charge in [-0.2, -0.15) is 0 Å². The topological polar surface area (TPSA) is 21.3 Å². The van der Waals surface area contributed by atoms with Gasteiger partial charge in [-0.3, -0.25) is 0 Å². The molecule has 2 atom stereocenters. The van der Waals surface area contributed by atoms with E-state index < -0.39 is 0 Å². The first-order chi connectivity index (χ1) is 9.22. The first-order valence-corrected chi connectivity index (χ1v) is 7.33. The standard InChI is InChI=1S/C16H22FNO/c1-11-13(6-7-19-11)10-18-16-8-14(9-16)12-2-4-15(17)5-3-12/h2-5,11,13-14,16,18H,6-10H2,1H3. The summed E-state index contributed by atoms with van der Waals surface area (Å²) >= 11 is 0. The Morgan fingerprint density at radius 1 is 1.26 bits per heavy atom. The van der Waals surface area contributed by atoms with Crippen LogP contribution in [-0.2, 0) is 4.74 Å². The smallest absolute Gasteiger partial charge is 0.123 e. The highest BCUT2D eigenvalue weighted by Crippen LogP contribution is 2.37. The molecule has 2 aliphatic rings. The fourth-order valence-electron chi connectivity index (χ4n) is 3.15. The Kier molecular flexibility index (Phi) is 3.85. The molecular formula is C16H22FNO. The van der Waals surface area contributed by atoms with Gasteiger partial charge in [-0.25, -0.2) is 4.39 Å². The molecule has 3 heteroatoms. The fourth-order valence-corrected chi connectivity index (χ4v) is 3.15. The van der Waals surface area contributed by atoms with Crippen molar-refractivity contribution < 1.29 is 9.13 Å². The van der Waals surface area contributed by atoms with Crippen LogP contribution in [0.3, 0.4) is 0 Å². The van der Waals surface area contributed by atoms with E-state index in [1.807, 2.05) is 12.1 Å². The van der Waals surface area contributed by atoms with E-state index in [1.165, 1.54) is 24.8 Å². The lowest BCUT2D eigenvalue weighted by Gasteiger charge is -2.37. The largest absolute Gasteiger partial charge is 0.378 e. The van der Waals surface area contributed by atoms with E-state index >= 15 is 0 Å². The molecule has 1 saturated heterocycles. The van der Waals surface area contributed by atoms with Gasteiger partial charge in [0.1, 0.15) is 5.82 Å². The van der Waals surface area contributed by atoms with Gasteiger partial charge in [-0.1, -0.05) is 12.1 Å². The normalized spacial score (nSPS) is 34.2. The van der Waals surface area contributed by atoms with Crippen molar-refractivity contribution in [1.82, 2.24) is 5.32 Å².